The number of nitrogens with two attached hydrogens (primary N) is 1. The predicted molar refractivity (Wildman–Crippen MR) is 75.6 cm³/mol. The van der Waals surface area contributed by atoms with Crippen LogP contribution in [0.5, 0.6) is 0 Å². The van der Waals surface area contributed by atoms with E-state index in [1.54, 1.807) is 60.3 Å². The van der Waals surface area contributed by atoms with Crippen molar-refractivity contribution in [3.63, 3.8) is 0 Å². The summed E-state index contributed by atoms with van der Waals surface area (Å²) < 4.78 is 1.66. The standard InChI is InChI=1S/C15H13ClN2O2.BrH/c1-10(14(19)11-4-6-13(16)7-5-11)18-8-2-3-12(9-18)15(17)20;/h2-10H,1H3,(H-,17,20);1H. The van der Waals surface area contributed by atoms with Gasteiger partial charge in [-0.2, -0.15) is 4.57 Å². The SMILES string of the molecule is CC(C(=O)c1ccc(Cl)cc1)[n+]1cccc(C(N)=O)c1.[Br-]. The first-order chi connectivity index (χ1) is 9.49. The van der Waals surface area contributed by atoms with Gasteiger partial charge >= 0.3 is 0 Å². The Hall–Kier alpha value is -1.72. The lowest BCUT2D eigenvalue weighted by Crippen LogP contribution is -3.00. The molecule has 0 radical (unpaired) electrons. The van der Waals surface area contributed by atoms with Crippen molar-refractivity contribution < 1.29 is 31.1 Å². The average Bonchev–Trinajstić information content (AvgIpc) is 2.46. The number of rotatable bonds is 4. The van der Waals surface area contributed by atoms with Crippen LogP contribution in [0.4, 0.5) is 0 Å². The molecule has 0 aliphatic carbocycles. The highest BCUT2D eigenvalue weighted by atomic mass is 79.9. The van der Waals surface area contributed by atoms with Crippen LogP contribution in [-0.2, 0) is 0 Å². The number of hydrogen-bond donors (Lipinski definition) is 1. The number of carbonyl (C=O) groups is 2. The second-order valence-electron chi connectivity index (χ2n) is 4.45. The van der Waals surface area contributed by atoms with Gasteiger partial charge < -0.3 is 22.7 Å². The van der Waals surface area contributed by atoms with Crippen molar-refractivity contribution in [3.05, 3.63) is 64.9 Å². The van der Waals surface area contributed by atoms with Gasteiger partial charge in [0.05, 0.1) is 0 Å². The quantitative estimate of drug-likeness (QED) is 0.565. The van der Waals surface area contributed by atoms with Gasteiger partial charge in [0.15, 0.2) is 12.4 Å². The van der Waals surface area contributed by atoms with Gasteiger partial charge in [-0.25, -0.2) is 0 Å². The van der Waals surface area contributed by atoms with Gasteiger partial charge in [0, 0.05) is 23.6 Å². The number of ketones is 1. The molecule has 2 rings (SSSR count). The summed E-state index contributed by atoms with van der Waals surface area (Å²) in [4.78, 5) is 23.5. The second kappa shape index (κ2) is 7.33. The van der Waals surface area contributed by atoms with Crippen LogP contribution in [0.2, 0.25) is 5.02 Å². The molecule has 0 saturated carbocycles. The van der Waals surface area contributed by atoms with Crippen LogP contribution < -0.4 is 27.3 Å². The first-order valence-corrected chi connectivity index (χ1v) is 6.47. The van der Waals surface area contributed by atoms with E-state index in [1.807, 2.05) is 0 Å². The number of primary amides is 1. The molecule has 1 heterocycles. The van der Waals surface area contributed by atoms with Gasteiger partial charge in [0.25, 0.3) is 5.91 Å². The molecule has 110 valence electrons. The fourth-order valence-corrected chi connectivity index (χ4v) is 2.00. The van der Waals surface area contributed by atoms with Gasteiger partial charge in [-0.05, 0) is 30.3 Å². The largest absolute Gasteiger partial charge is 1.00 e. The van der Waals surface area contributed by atoms with E-state index in [0.717, 1.165) is 0 Å². The highest BCUT2D eigenvalue weighted by molar-refractivity contribution is 6.30. The summed E-state index contributed by atoms with van der Waals surface area (Å²) in [6, 6.07) is 9.57. The monoisotopic (exact) mass is 368 g/mol. The zero-order chi connectivity index (χ0) is 14.7. The normalized spacial score (nSPS) is 11.3. The van der Waals surface area contributed by atoms with Crippen LogP contribution in [0, 0.1) is 0 Å². The molecular weight excluding hydrogens is 356 g/mol. The molecule has 0 bridgehead atoms. The Morgan fingerprint density at radius 2 is 1.76 bits per heavy atom. The van der Waals surface area contributed by atoms with Crippen LogP contribution in [0.3, 0.4) is 0 Å². The minimum atomic E-state index is -0.523. The Bertz CT molecular complexity index is 659. The predicted octanol–water partition coefficient (Wildman–Crippen LogP) is -0.826. The number of pyridine rings is 1. The van der Waals surface area contributed by atoms with Crippen molar-refractivity contribution in [1.29, 1.82) is 0 Å². The number of benzene rings is 1. The number of Topliss-reactive ketones (excluding diaryl/α,β-unsaturated/α-hetero) is 1. The van der Waals surface area contributed by atoms with Crippen molar-refractivity contribution in [2.24, 2.45) is 5.73 Å². The minimum Gasteiger partial charge on any atom is -1.00 e. The number of amides is 1. The molecule has 0 fully saturated rings. The van der Waals surface area contributed by atoms with E-state index < -0.39 is 11.9 Å². The number of hydrogen-bond acceptors (Lipinski definition) is 2. The maximum Gasteiger partial charge on any atom is 0.254 e. The summed E-state index contributed by atoms with van der Waals surface area (Å²) in [7, 11) is 0. The molecular formula is C15H14BrClN2O2. The summed E-state index contributed by atoms with van der Waals surface area (Å²) in [5.41, 5.74) is 6.17. The summed E-state index contributed by atoms with van der Waals surface area (Å²) in [6.07, 6.45) is 3.30. The van der Waals surface area contributed by atoms with Crippen molar-refractivity contribution >= 4 is 23.3 Å². The lowest BCUT2D eigenvalue weighted by molar-refractivity contribution is -0.704. The topological polar surface area (TPSA) is 64.0 Å². The molecule has 21 heavy (non-hydrogen) atoms. The van der Waals surface area contributed by atoms with Crippen LogP contribution in [0.15, 0.2) is 48.8 Å². The molecule has 2 N–H and O–H groups in total. The summed E-state index contributed by atoms with van der Waals surface area (Å²) in [6.45, 7) is 1.77. The minimum absolute atomic E-state index is 0. The molecule has 4 nitrogen and oxygen atoms in total. The Balaban J connectivity index is 0.00000220. The van der Waals surface area contributed by atoms with E-state index in [0.29, 0.717) is 16.1 Å². The third kappa shape index (κ3) is 4.12. The fraction of sp³-hybridized carbons (Fsp3) is 0.133. The van der Waals surface area contributed by atoms with E-state index in [1.165, 1.54) is 0 Å². The molecule has 1 unspecified atom stereocenters. The molecule has 2 aromatic rings. The highest BCUT2D eigenvalue weighted by Crippen LogP contribution is 2.13. The zero-order valence-electron chi connectivity index (χ0n) is 11.3. The van der Waals surface area contributed by atoms with Crippen LogP contribution in [0.1, 0.15) is 33.7 Å². The van der Waals surface area contributed by atoms with Crippen molar-refractivity contribution in [2.45, 2.75) is 13.0 Å². The van der Waals surface area contributed by atoms with Gasteiger partial charge in [-0.3, -0.25) is 9.59 Å². The first-order valence-electron chi connectivity index (χ1n) is 6.09. The van der Waals surface area contributed by atoms with E-state index >= 15 is 0 Å². The number of aromatic nitrogens is 1. The van der Waals surface area contributed by atoms with Gasteiger partial charge in [-0.1, -0.05) is 11.6 Å². The number of nitrogens with zero attached hydrogens (tertiary/aromatic N) is 1. The van der Waals surface area contributed by atoms with Crippen LogP contribution in [-0.4, -0.2) is 11.7 Å². The van der Waals surface area contributed by atoms with E-state index in [-0.39, 0.29) is 22.8 Å². The lowest BCUT2D eigenvalue weighted by Gasteiger charge is -2.07. The third-order valence-electron chi connectivity index (χ3n) is 3.06. The van der Waals surface area contributed by atoms with E-state index in [4.69, 9.17) is 17.3 Å². The van der Waals surface area contributed by atoms with E-state index in [9.17, 15) is 9.59 Å². The molecule has 0 spiro atoms. The lowest BCUT2D eigenvalue weighted by atomic mass is 10.1. The Morgan fingerprint density at radius 1 is 1.14 bits per heavy atom. The van der Waals surface area contributed by atoms with Crippen molar-refractivity contribution in [1.82, 2.24) is 0 Å². The van der Waals surface area contributed by atoms with Gasteiger partial charge in [-0.15, -0.1) is 0 Å². The maximum absolute atomic E-state index is 12.4. The molecule has 6 heteroatoms. The summed E-state index contributed by atoms with van der Waals surface area (Å²) in [5, 5.41) is 0.581. The molecule has 0 saturated heterocycles. The van der Waals surface area contributed by atoms with Crippen molar-refractivity contribution in [2.75, 3.05) is 0 Å². The first kappa shape index (κ1) is 17.3. The molecule has 0 aliphatic heterocycles. The number of halogens is 2. The molecule has 1 aromatic heterocycles. The van der Waals surface area contributed by atoms with Gasteiger partial charge in [0.1, 0.15) is 5.56 Å². The Kier molecular flexibility index (Phi) is 6.05. The van der Waals surface area contributed by atoms with Crippen LogP contribution in [0.25, 0.3) is 0 Å². The Morgan fingerprint density at radius 3 is 2.33 bits per heavy atom. The second-order valence-corrected chi connectivity index (χ2v) is 4.89. The molecule has 1 amide bonds. The Labute approximate surface area is 138 Å². The fourth-order valence-electron chi connectivity index (χ4n) is 1.87. The smallest absolute Gasteiger partial charge is 0.254 e. The molecule has 1 aromatic carbocycles. The highest BCUT2D eigenvalue weighted by Gasteiger charge is 2.24. The number of carbonyl (C=O) groups excluding carboxylic acids is 2. The maximum atomic E-state index is 12.4. The van der Waals surface area contributed by atoms with Gasteiger partial charge in [0.2, 0.25) is 11.8 Å². The summed E-state index contributed by atoms with van der Waals surface area (Å²) >= 11 is 5.80. The zero-order valence-corrected chi connectivity index (χ0v) is 13.6. The van der Waals surface area contributed by atoms with Crippen LogP contribution >= 0.6 is 11.6 Å². The average molecular weight is 370 g/mol. The third-order valence-corrected chi connectivity index (χ3v) is 3.31. The molecule has 1 atom stereocenters. The molecule has 0 aliphatic rings. The van der Waals surface area contributed by atoms with Crippen molar-refractivity contribution in [3.8, 4) is 0 Å². The summed E-state index contributed by atoms with van der Waals surface area (Å²) in [5.74, 6) is -0.584. The van der Waals surface area contributed by atoms with E-state index in [2.05, 4.69) is 0 Å².